The van der Waals surface area contributed by atoms with Crippen molar-refractivity contribution in [3.8, 4) is 11.1 Å². The molecule has 0 saturated heterocycles. The molecule has 0 unspecified atom stereocenters. The number of nitrogens with zero attached hydrogens (tertiary/aromatic N) is 3. The zero-order valence-corrected chi connectivity index (χ0v) is 9.64. The first-order chi connectivity index (χ1) is 8.16. The predicted molar refractivity (Wildman–Crippen MR) is 65.4 cm³/mol. The van der Waals surface area contributed by atoms with E-state index in [0.29, 0.717) is 5.88 Å². The second-order valence-corrected chi connectivity index (χ2v) is 4.04. The van der Waals surface area contributed by atoms with Crippen molar-refractivity contribution in [1.29, 1.82) is 0 Å². The van der Waals surface area contributed by atoms with Gasteiger partial charge >= 0.3 is 0 Å². The molecule has 0 bridgehead atoms. The molecule has 0 aliphatic heterocycles. The lowest BCUT2D eigenvalue weighted by molar-refractivity contribution is 0.436. The normalized spacial score (nSPS) is 11.2. The van der Waals surface area contributed by atoms with Gasteiger partial charge in [-0.15, -0.1) is 0 Å². The Morgan fingerprint density at radius 2 is 2.18 bits per heavy atom. The fourth-order valence-corrected chi connectivity index (χ4v) is 2.07. The first-order valence-corrected chi connectivity index (χ1v) is 5.30. The fraction of sp³-hybridized carbons (Fsp3) is 0.167. The summed E-state index contributed by atoms with van der Waals surface area (Å²) in [6.45, 7) is 1.99. The standard InChI is InChI=1S/C12H12N4O/c1-7-9-5-8(10-6-14-17-12(10)13)3-4-11(9)16(2)15-7/h3-6H,13H2,1-2H3. The zero-order chi connectivity index (χ0) is 12.0. The van der Waals surface area contributed by atoms with E-state index in [9.17, 15) is 0 Å². The summed E-state index contributed by atoms with van der Waals surface area (Å²) < 4.78 is 6.74. The van der Waals surface area contributed by atoms with Crippen LogP contribution in [-0.4, -0.2) is 14.9 Å². The highest BCUT2D eigenvalue weighted by Gasteiger charge is 2.10. The molecule has 17 heavy (non-hydrogen) atoms. The van der Waals surface area contributed by atoms with Crippen LogP contribution in [-0.2, 0) is 7.05 Å². The molecule has 0 amide bonds. The van der Waals surface area contributed by atoms with Gasteiger partial charge in [-0.1, -0.05) is 11.2 Å². The highest BCUT2D eigenvalue weighted by atomic mass is 16.5. The van der Waals surface area contributed by atoms with Crippen LogP contribution in [0.15, 0.2) is 28.9 Å². The van der Waals surface area contributed by atoms with E-state index >= 15 is 0 Å². The summed E-state index contributed by atoms with van der Waals surface area (Å²) in [5.74, 6) is 0.339. The average molecular weight is 228 g/mol. The molecule has 1 aromatic carbocycles. The van der Waals surface area contributed by atoms with Gasteiger partial charge in [0.15, 0.2) is 0 Å². The van der Waals surface area contributed by atoms with E-state index in [4.69, 9.17) is 10.3 Å². The fourth-order valence-electron chi connectivity index (χ4n) is 2.07. The molecule has 0 radical (unpaired) electrons. The molecule has 0 spiro atoms. The molecule has 86 valence electrons. The van der Waals surface area contributed by atoms with E-state index in [-0.39, 0.29) is 0 Å². The molecular formula is C12H12N4O. The Morgan fingerprint density at radius 1 is 1.35 bits per heavy atom. The molecule has 0 saturated carbocycles. The van der Waals surface area contributed by atoms with Crippen LogP contribution in [0.1, 0.15) is 5.69 Å². The average Bonchev–Trinajstić information content (AvgIpc) is 2.84. The Hall–Kier alpha value is -2.30. The largest absolute Gasteiger partial charge is 0.367 e. The molecule has 2 heterocycles. The van der Waals surface area contributed by atoms with Crippen LogP contribution in [0.25, 0.3) is 22.0 Å². The molecule has 5 nitrogen and oxygen atoms in total. The van der Waals surface area contributed by atoms with Gasteiger partial charge in [0.2, 0.25) is 5.88 Å². The monoisotopic (exact) mass is 228 g/mol. The maximum Gasteiger partial charge on any atom is 0.229 e. The van der Waals surface area contributed by atoms with Crippen molar-refractivity contribution in [2.24, 2.45) is 7.05 Å². The lowest BCUT2D eigenvalue weighted by Crippen LogP contribution is -1.89. The number of nitrogens with two attached hydrogens (primary N) is 1. The highest BCUT2D eigenvalue weighted by molar-refractivity contribution is 5.88. The third-order valence-electron chi connectivity index (χ3n) is 2.94. The third kappa shape index (κ3) is 1.39. The van der Waals surface area contributed by atoms with Gasteiger partial charge < -0.3 is 10.3 Å². The van der Waals surface area contributed by atoms with Crippen LogP contribution in [0, 0.1) is 6.92 Å². The Kier molecular flexibility index (Phi) is 1.95. The van der Waals surface area contributed by atoms with Crippen molar-refractivity contribution >= 4 is 16.8 Å². The first-order valence-electron chi connectivity index (χ1n) is 5.30. The molecule has 0 aliphatic rings. The second-order valence-electron chi connectivity index (χ2n) is 4.04. The van der Waals surface area contributed by atoms with E-state index < -0.39 is 0 Å². The van der Waals surface area contributed by atoms with Gasteiger partial charge in [-0.05, 0) is 24.6 Å². The molecule has 3 aromatic rings. The number of nitrogen functional groups attached to an aromatic ring is 1. The predicted octanol–water partition coefficient (Wildman–Crippen LogP) is 2.12. The number of rotatable bonds is 1. The summed E-state index contributed by atoms with van der Waals surface area (Å²) in [5.41, 5.74) is 9.62. The number of hydrogen-bond donors (Lipinski definition) is 1. The summed E-state index contributed by atoms with van der Waals surface area (Å²) in [5, 5.41) is 9.18. The maximum atomic E-state index is 5.71. The number of hydrogen-bond acceptors (Lipinski definition) is 4. The lowest BCUT2D eigenvalue weighted by Gasteiger charge is -1.99. The number of benzene rings is 1. The Balaban J connectivity index is 2.27. The molecule has 2 aromatic heterocycles. The van der Waals surface area contributed by atoms with E-state index in [1.807, 2.05) is 30.8 Å². The molecule has 0 aliphatic carbocycles. The van der Waals surface area contributed by atoms with Crippen molar-refractivity contribution in [2.75, 3.05) is 5.73 Å². The Morgan fingerprint density at radius 3 is 2.88 bits per heavy atom. The number of anilines is 1. The summed E-state index contributed by atoms with van der Waals surface area (Å²) in [7, 11) is 1.93. The lowest BCUT2D eigenvalue weighted by atomic mass is 10.1. The highest BCUT2D eigenvalue weighted by Crippen LogP contribution is 2.29. The summed E-state index contributed by atoms with van der Waals surface area (Å²) in [6.07, 6.45) is 1.63. The van der Waals surface area contributed by atoms with E-state index in [1.54, 1.807) is 6.20 Å². The van der Waals surface area contributed by atoms with Gasteiger partial charge in [0, 0.05) is 12.4 Å². The van der Waals surface area contributed by atoms with Crippen molar-refractivity contribution in [1.82, 2.24) is 14.9 Å². The van der Waals surface area contributed by atoms with Crippen LogP contribution < -0.4 is 5.73 Å². The van der Waals surface area contributed by atoms with E-state index in [1.165, 1.54) is 0 Å². The van der Waals surface area contributed by atoms with Gasteiger partial charge in [-0.3, -0.25) is 4.68 Å². The quantitative estimate of drug-likeness (QED) is 0.692. The van der Waals surface area contributed by atoms with Gasteiger partial charge in [0.25, 0.3) is 0 Å². The Labute approximate surface area is 97.8 Å². The zero-order valence-electron chi connectivity index (χ0n) is 9.64. The molecule has 0 fully saturated rings. The van der Waals surface area contributed by atoms with Crippen LogP contribution in [0.5, 0.6) is 0 Å². The van der Waals surface area contributed by atoms with Gasteiger partial charge in [0.05, 0.1) is 23.0 Å². The van der Waals surface area contributed by atoms with Crippen molar-refractivity contribution in [3.05, 3.63) is 30.1 Å². The molecule has 5 heteroatoms. The van der Waals surface area contributed by atoms with Gasteiger partial charge in [0.1, 0.15) is 0 Å². The van der Waals surface area contributed by atoms with Gasteiger partial charge in [-0.2, -0.15) is 5.10 Å². The SMILES string of the molecule is Cc1nn(C)c2ccc(-c3cnoc3N)cc12. The minimum absolute atomic E-state index is 0.339. The molecule has 3 rings (SSSR count). The first kappa shape index (κ1) is 9.89. The molecular weight excluding hydrogens is 216 g/mol. The van der Waals surface area contributed by atoms with Crippen LogP contribution in [0.4, 0.5) is 5.88 Å². The van der Waals surface area contributed by atoms with E-state index in [2.05, 4.69) is 16.3 Å². The van der Waals surface area contributed by atoms with Gasteiger partial charge in [-0.25, -0.2) is 0 Å². The smallest absolute Gasteiger partial charge is 0.229 e. The minimum atomic E-state index is 0.339. The van der Waals surface area contributed by atoms with E-state index in [0.717, 1.165) is 27.7 Å². The number of aryl methyl sites for hydroxylation is 2. The number of aromatic nitrogens is 3. The minimum Gasteiger partial charge on any atom is -0.367 e. The molecule has 0 atom stereocenters. The summed E-state index contributed by atoms with van der Waals surface area (Å²) >= 11 is 0. The van der Waals surface area contributed by atoms with Crippen LogP contribution in [0.2, 0.25) is 0 Å². The van der Waals surface area contributed by atoms with Crippen molar-refractivity contribution < 1.29 is 4.52 Å². The summed E-state index contributed by atoms with van der Waals surface area (Å²) in [6, 6.07) is 6.07. The number of fused-ring (bicyclic) bond motifs is 1. The third-order valence-corrected chi connectivity index (χ3v) is 2.94. The molecule has 2 N–H and O–H groups in total. The second kappa shape index (κ2) is 3.35. The van der Waals surface area contributed by atoms with Crippen molar-refractivity contribution in [3.63, 3.8) is 0 Å². The van der Waals surface area contributed by atoms with Crippen LogP contribution in [0.3, 0.4) is 0 Å². The topological polar surface area (TPSA) is 69.9 Å². The summed E-state index contributed by atoms with van der Waals surface area (Å²) in [4.78, 5) is 0. The van der Waals surface area contributed by atoms with Crippen molar-refractivity contribution in [2.45, 2.75) is 6.92 Å². The maximum absolute atomic E-state index is 5.71. The Bertz CT molecular complexity index is 696. The van der Waals surface area contributed by atoms with Crippen LogP contribution >= 0.6 is 0 Å².